The van der Waals surface area contributed by atoms with Crippen LogP contribution in [-0.2, 0) is 0 Å². The van der Waals surface area contributed by atoms with Crippen molar-refractivity contribution in [2.45, 2.75) is 0 Å². The number of hydrogen-bond donors (Lipinski definition) is 3. The molecule has 6 nitrogen and oxygen atoms in total. The zero-order valence-electron chi connectivity index (χ0n) is 13.5. The molecule has 0 saturated carbocycles. The molecule has 6 N–H and O–H groups in total. The van der Waals surface area contributed by atoms with Crippen molar-refractivity contribution in [3.8, 4) is 17.2 Å². The molecule has 3 aromatic carbocycles. The molecule has 0 radical (unpaired) electrons. The fourth-order valence-corrected chi connectivity index (χ4v) is 2.15. The third-order valence-electron chi connectivity index (χ3n) is 3.43. The molecule has 0 atom stereocenters. The first-order valence-corrected chi connectivity index (χ1v) is 7.67. The Bertz CT molecular complexity index is 747. The summed E-state index contributed by atoms with van der Waals surface area (Å²) in [6.45, 7) is 0. The highest BCUT2D eigenvalue weighted by Crippen LogP contribution is 2.27. The van der Waals surface area contributed by atoms with Crippen molar-refractivity contribution < 1.29 is 14.0 Å². The van der Waals surface area contributed by atoms with Gasteiger partial charge >= 0.3 is 7.32 Å². The second-order valence-corrected chi connectivity index (χ2v) is 5.26. The monoisotopic (exact) mass is 335 g/mol. The molecule has 126 valence electrons. The van der Waals surface area contributed by atoms with E-state index in [0.717, 1.165) is 0 Å². The van der Waals surface area contributed by atoms with Crippen LogP contribution in [0.5, 0.6) is 17.2 Å². The summed E-state index contributed by atoms with van der Waals surface area (Å²) in [5, 5.41) is 0. The van der Waals surface area contributed by atoms with Crippen LogP contribution in [-0.4, -0.2) is 7.32 Å². The Morgan fingerprint density at radius 2 is 0.760 bits per heavy atom. The summed E-state index contributed by atoms with van der Waals surface area (Å²) in [5.41, 5.74) is 19.2. The maximum absolute atomic E-state index is 5.93. The van der Waals surface area contributed by atoms with Crippen LogP contribution in [0.1, 0.15) is 0 Å². The average molecular weight is 335 g/mol. The lowest BCUT2D eigenvalue weighted by Crippen LogP contribution is -2.37. The minimum absolute atomic E-state index is 0.427. The molecule has 0 aliphatic rings. The van der Waals surface area contributed by atoms with Crippen molar-refractivity contribution in [1.29, 1.82) is 0 Å². The Morgan fingerprint density at radius 1 is 0.480 bits per heavy atom. The fraction of sp³-hybridized carbons (Fsp3) is 0. The molecule has 7 heteroatoms. The smallest absolute Gasteiger partial charge is 0.488 e. The van der Waals surface area contributed by atoms with Crippen LogP contribution in [0.15, 0.2) is 72.8 Å². The van der Waals surface area contributed by atoms with Crippen LogP contribution in [0.2, 0.25) is 0 Å². The molecule has 0 aliphatic carbocycles. The predicted molar refractivity (Wildman–Crippen MR) is 100 cm³/mol. The highest BCUT2D eigenvalue weighted by Gasteiger charge is 2.32. The number of hydrogen-bond acceptors (Lipinski definition) is 6. The van der Waals surface area contributed by atoms with E-state index in [9.17, 15) is 0 Å². The summed E-state index contributed by atoms with van der Waals surface area (Å²) in [7, 11) is -1.13. The van der Waals surface area contributed by atoms with Gasteiger partial charge in [0.05, 0.1) is 17.1 Å². The van der Waals surface area contributed by atoms with E-state index in [1.54, 1.807) is 54.6 Å². The van der Waals surface area contributed by atoms with E-state index < -0.39 is 7.32 Å². The summed E-state index contributed by atoms with van der Waals surface area (Å²) >= 11 is 0. The quantitative estimate of drug-likeness (QED) is 0.472. The molecule has 0 unspecified atom stereocenters. The maximum atomic E-state index is 5.93. The van der Waals surface area contributed by atoms with Crippen molar-refractivity contribution in [1.82, 2.24) is 0 Å². The SMILES string of the molecule is Nc1ccccc1OB(Oc1ccccc1N)Oc1ccccc1N. The predicted octanol–water partition coefficient (Wildman–Crippen LogP) is 2.95. The molecule has 0 aromatic heterocycles. The topological polar surface area (TPSA) is 106 Å². The largest absolute Gasteiger partial charge is 0.864 e. The van der Waals surface area contributed by atoms with E-state index in [4.69, 9.17) is 31.2 Å². The Kier molecular flexibility index (Phi) is 4.85. The molecular formula is C18H18BN3O3. The third-order valence-corrected chi connectivity index (χ3v) is 3.43. The van der Waals surface area contributed by atoms with Gasteiger partial charge in [-0.25, -0.2) is 0 Å². The molecule has 0 amide bonds. The number of rotatable bonds is 6. The fourth-order valence-electron chi connectivity index (χ4n) is 2.15. The Morgan fingerprint density at radius 3 is 1.04 bits per heavy atom. The average Bonchev–Trinajstić information content (AvgIpc) is 2.61. The molecule has 3 aromatic rings. The molecule has 0 saturated heterocycles. The standard InChI is InChI=1S/C18H18BN3O3/c20-13-7-1-4-10-16(13)23-19(24-17-11-5-2-8-14(17)21)25-18-12-6-3-9-15(18)22/h1-12H,20-22H2. The lowest BCUT2D eigenvalue weighted by atomic mass is 10.1. The van der Waals surface area contributed by atoms with E-state index in [1.165, 1.54) is 0 Å². The van der Waals surface area contributed by atoms with Gasteiger partial charge in [-0.3, -0.25) is 0 Å². The van der Waals surface area contributed by atoms with E-state index in [0.29, 0.717) is 34.3 Å². The van der Waals surface area contributed by atoms with Crippen molar-refractivity contribution in [2.75, 3.05) is 17.2 Å². The Hall–Kier alpha value is -3.48. The summed E-state index contributed by atoms with van der Waals surface area (Å²) < 4.78 is 17.3. The van der Waals surface area contributed by atoms with Gasteiger partial charge in [0.15, 0.2) is 0 Å². The van der Waals surface area contributed by atoms with Gasteiger partial charge in [0.1, 0.15) is 17.2 Å². The number of para-hydroxylation sites is 6. The minimum Gasteiger partial charge on any atom is -0.488 e. The molecule has 25 heavy (non-hydrogen) atoms. The highest BCUT2D eigenvalue weighted by atomic mass is 16.7. The summed E-state index contributed by atoms with van der Waals surface area (Å²) in [5.74, 6) is 1.28. The molecule has 0 fully saturated rings. The summed E-state index contributed by atoms with van der Waals surface area (Å²) in [6.07, 6.45) is 0. The van der Waals surface area contributed by atoms with Crippen LogP contribution >= 0.6 is 0 Å². The van der Waals surface area contributed by atoms with Crippen LogP contribution in [0.4, 0.5) is 17.1 Å². The third kappa shape index (κ3) is 4.08. The van der Waals surface area contributed by atoms with E-state index >= 15 is 0 Å². The molecule has 0 heterocycles. The van der Waals surface area contributed by atoms with E-state index in [2.05, 4.69) is 0 Å². The zero-order chi connectivity index (χ0) is 17.6. The number of nitrogens with two attached hydrogens (primary N) is 3. The molecule has 3 rings (SSSR count). The van der Waals surface area contributed by atoms with Crippen molar-refractivity contribution in [3.05, 3.63) is 72.8 Å². The summed E-state index contributed by atoms with van der Waals surface area (Å²) in [6, 6.07) is 21.2. The molecule has 0 bridgehead atoms. The Balaban J connectivity index is 1.86. The molecular weight excluding hydrogens is 317 g/mol. The van der Waals surface area contributed by atoms with Gasteiger partial charge in [-0.1, -0.05) is 36.4 Å². The van der Waals surface area contributed by atoms with Crippen LogP contribution in [0.25, 0.3) is 0 Å². The molecule has 0 aliphatic heterocycles. The summed E-state index contributed by atoms with van der Waals surface area (Å²) in [4.78, 5) is 0. The Labute approximate surface area is 146 Å². The zero-order valence-corrected chi connectivity index (χ0v) is 13.5. The minimum atomic E-state index is -1.13. The lowest BCUT2D eigenvalue weighted by Gasteiger charge is -2.18. The second kappa shape index (κ2) is 7.40. The number of benzene rings is 3. The second-order valence-electron chi connectivity index (χ2n) is 5.26. The van der Waals surface area contributed by atoms with Gasteiger partial charge in [-0.05, 0) is 36.4 Å². The van der Waals surface area contributed by atoms with Crippen molar-refractivity contribution in [2.24, 2.45) is 0 Å². The van der Waals surface area contributed by atoms with Crippen LogP contribution < -0.4 is 31.2 Å². The van der Waals surface area contributed by atoms with Crippen LogP contribution in [0, 0.1) is 0 Å². The first-order chi connectivity index (χ1) is 12.1. The number of nitrogen functional groups attached to an aromatic ring is 3. The van der Waals surface area contributed by atoms with Gasteiger partial charge in [-0.15, -0.1) is 0 Å². The van der Waals surface area contributed by atoms with Crippen LogP contribution in [0.3, 0.4) is 0 Å². The van der Waals surface area contributed by atoms with Crippen molar-refractivity contribution in [3.63, 3.8) is 0 Å². The molecule has 0 spiro atoms. The number of anilines is 3. The first kappa shape index (κ1) is 16.4. The lowest BCUT2D eigenvalue weighted by molar-refractivity contribution is 0.309. The normalized spacial score (nSPS) is 10.1. The van der Waals surface area contributed by atoms with Gasteiger partial charge in [0.25, 0.3) is 0 Å². The van der Waals surface area contributed by atoms with Crippen molar-refractivity contribution >= 4 is 24.4 Å². The van der Waals surface area contributed by atoms with Gasteiger partial charge in [0.2, 0.25) is 0 Å². The van der Waals surface area contributed by atoms with E-state index in [1.807, 2.05) is 18.2 Å². The van der Waals surface area contributed by atoms with Gasteiger partial charge < -0.3 is 31.2 Å². The first-order valence-electron chi connectivity index (χ1n) is 7.67. The van der Waals surface area contributed by atoms with Gasteiger partial charge in [-0.2, -0.15) is 0 Å². The maximum Gasteiger partial charge on any atom is 0.864 e. The highest BCUT2D eigenvalue weighted by molar-refractivity contribution is 6.40. The van der Waals surface area contributed by atoms with E-state index in [-0.39, 0.29) is 0 Å². The van der Waals surface area contributed by atoms with Gasteiger partial charge in [0, 0.05) is 0 Å².